The summed E-state index contributed by atoms with van der Waals surface area (Å²) >= 11 is 12.4. The predicted octanol–water partition coefficient (Wildman–Crippen LogP) is 2.78. The third kappa shape index (κ3) is 6.58. The van der Waals surface area contributed by atoms with Gasteiger partial charge in [0.15, 0.2) is 5.75 Å². The molecule has 12 nitrogen and oxygen atoms in total. The smallest absolute Gasteiger partial charge is 0.414 e. The molecule has 0 atom stereocenters. The summed E-state index contributed by atoms with van der Waals surface area (Å²) in [4.78, 5) is 49.3. The lowest BCUT2D eigenvalue weighted by Crippen LogP contribution is -2.36. The van der Waals surface area contributed by atoms with Crippen LogP contribution < -0.4 is 26.7 Å². The molecule has 3 N–H and O–H groups in total. The van der Waals surface area contributed by atoms with Crippen LogP contribution in [0.15, 0.2) is 33.0 Å². The number of hydrogen-bond acceptors (Lipinski definition) is 9. The van der Waals surface area contributed by atoms with E-state index in [-0.39, 0.29) is 39.9 Å². The van der Waals surface area contributed by atoms with Gasteiger partial charge in [0.1, 0.15) is 6.07 Å². The standard InChI is InChI=1S/C19H18Cl2N6O6/c1-4-32-19(31)24-16(28)13(7-22)26-25-10-5-11(20)15(12(21)6-10)33-14-8-27(9(2)3)18(30)23-17(14)29/h5-6,8-9,25H,4H2,1-3H3,(H,23,29,30)(H,24,28,31)/b26-13-. The average molecular weight is 497 g/mol. The second kappa shape index (κ2) is 11.2. The summed E-state index contributed by atoms with van der Waals surface area (Å²) in [6, 6.07) is 3.89. The van der Waals surface area contributed by atoms with E-state index < -0.39 is 29.0 Å². The van der Waals surface area contributed by atoms with Crippen molar-refractivity contribution in [1.82, 2.24) is 14.9 Å². The highest BCUT2D eigenvalue weighted by atomic mass is 35.5. The first-order valence-electron chi connectivity index (χ1n) is 9.31. The number of hydrogen-bond donors (Lipinski definition) is 3. The van der Waals surface area contributed by atoms with E-state index in [1.807, 2.05) is 5.32 Å². The minimum absolute atomic E-state index is 0.0339. The second-order valence-corrected chi connectivity index (χ2v) is 7.30. The van der Waals surface area contributed by atoms with Gasteiger partial charge in [0.2, 0.25) is 11.5 Å². The number of benzene rings is 1. The van der Waals surface area contributed by atoms with Gasteiger partial charge in [0.05, 0.1) is 28.5 Å². The minimum Gasteiger partial charge on any atom is -0.450 e. The van der Waals surface area contributed by atoms with E-state index in [0.29, 0.717) is 0 Å². The molecule has 1 aromatic heterocycles. The number of rotatable bonds is 7. The first-order chi connectivity index (χ1) is 15.6. The maximum atomic E-state index is 12.1. The number of hydrazone groups is 1. The SMILES string of the molecule is CCOC(=O)NC(=O)/C(C#N)=N\Nc1cc(Cl)c(Oc2cn(C(C)C)c(=O)[nH]c2=O)c(Cl)c1. The van der Waals surface area contributed by atoms with Crippen LogP contribution in [-0.4, -0.2) is 33.9 Å². The highest BCUT2D eigenvalue weighted by molar-refractivity contribution is 6.47. The Morgan fingerprint density at radius 3 is 2.45 bits per heavy atom. The summed E-state index contributed by atoms with van der Waals surface area (Å²) in [5.41, 5.74) is 0.530. The zero-order chi connectivity index (χ0) is 24.7. The van der Waals surface area contributed by atoms with Gasteiger partial charge in [-0.1, -0.05) is 23.2 Å². The molecule has 0 aliphatic rings. The molecule has 0 spiro atoms. The summed E-state index contributed by atoms with van der Waals surface area (Å²) in [6.45, 7) is 5.06. The predicted molar refractivity (Wildman–Crippen MR) is 120 cm³/mol. The van der Waals surface area contributed by atoms with Gasteiger partial charge >= 0.3 is 11.8 Å². The molecule has 0 saturated heterocycles. The second-order valence-electron chi connectivity index (χ2n) is 6.48. The van der Waals surface area contributed by atoms with E-state index in [1.165, 1.54) is 29.0 Å². The highest BCUT2D eigenvalue weighted by Crippen LogP contribution is 2.38. The number of nitrogens with one attached hydrogen (secondary N) is 3. The van der Waals surface area contributed by atoms with E-state index in [4.69, 9.17) is 33.2 Å². The fraction of sp³-hybridized carbons (Fsp3) is 0.263. The maximum absolute atomic E-state index is 12.1. The Kier molecular flexibility index (Phi) is 8.61. The van der Waals surface area contributed by atoms with E-state index in [1.54, 1.807) is 20.8 Å². The number of aromatic amines is 1. The van der Waals surface area contributed by atoms with Gasteiger partial charge in [-0.2, -0.15) is 10.4 Å². The van der Waals surface area contributed by atoms with Gasteiger partial charge < -0.3 is 9.47 Å². The largest absolute Gasteiger partial charge is 0.450 e. The molecule has 0 aliphatic carbocycles. The summed E-state index contributed by atoms with van der Waals surface area (Å²) in [7, 11) is 0. The molecule has 2 rings (SSSR count). The van der Waals surface area contributed by atoms with E-state index in [2.05, 4.69) is 20.2 Å². The Bertz CT molecular complexity index is 1240. The minimum atomic E-state index is -1.08. The van der Waals surface area contributed by atoms with Crippen LogP contribution in [0.5, 0.6) is 11.5 Å². The number of alkyl carbamates (subject to hydrolysis) is 1. The van der Waals surface area contributed by atoms with Gasteiger partial charge in [-0.25, -0.2) is 9.59 Å². The molecule has 174 valence electrons. The maximum Gasteiger partial charge on any atom is 0.414 e. The summed E-state index contributed by atoms with van der Waals surface area (Å²) < 4.78 is 11.3. The highest BCUT2D eigenvalue weighted by Gasteiger charge is 2.17. The lowest BCUT2D eigenvalue weighted by Gasteiger charge is -2.13. The molecule has 1 heterocycles. The van der Waals surface area contributed by atoms with Gasteiger partial charge in [-0.05, 0) is 32.9 Å². The normalized spacial score (nSPS) is 11.0. The zero-order valence-corrected chi connectivity index (χ0v) is 19.1. The van der Waals surface area contributed by atoms with Crippen molar-refractivity contribution in [2.75, 3.05) is 12.0 Å². The number of amides is 2. The Morgan fingerprint density at radius 2 is 1.91 bits per heavy atom. The van der Waals surface area contributed by atoms with Crippen LogP contribution in [0, 0.1) is 11.3 Å². The van der Waals surface area contributed by atoms with Crippen molar-refractivity contribution in [3.05, 3.63) is 49.2 Å². The van der Waals surface area contributed by atoms with Crippen LogP contribution in [0.25, 0.3) is 0 Å². The number of anilines is 1. The van der Waals surface area contributed by atoms with Crippen LogP contribution in [0.4, 0.5) is 10.5 Å². The summed E-state index contributed by atoms with van der Waals surface area (Å²) in [5.74, 6) is -1.37. The summed E-state index contributed by atoms with van der Waals surface area (Å²) in [5, 5.41) is 14.4. The molecule has 0 saturated carbocycles. The van der Waals surface area contributed by atoms with Crippen LogP contribution in [0.3, 0.4) is 0 Å². The molecule has 2 aromatic rings. The van der Waals surface area contributed by atoms with Crippen molar-refractivity contribution in [1.29, 1.82) is 5.26 Å². The van der Waals surface area contributed by atoms with Crippen molar-refractivity contribution in [3.8, 4) is 17.6 Å². The molecule has 14 heteroatoms. The molecule has 33 heavy (non-hydrogen) atoms. The Hall–Kier alpha value is -3.82. The molecule has 0 aliphatic heterocycles. The van der Waals surface area contributed by atoms with Crippen LogP contribution in [-0.2, 0) is 9.53 Å². The number of aromatic nitrogens is 2. The van der Waals surface area contributed by atoms with Crippen molar-refractivity contribution in [2.45, 2.75) is 26.8 Å². The Morgan fingerprint density at radius 1 is 1.27 bits per heavy atom. The quantitative estimate of drug-likeness (QED) is 0.388. The third-order valence-corrected chi connectivity index (χ3v) is 4.37. The first-order valence-corrected chi connectivity index (χ1v) is 10.1. The molecule has 0 bridgehead atoms. The first kappa shape index (κ1) is 25.4. The zero-order valence-electron chi connectivity index (χ0n) is 17.6. The molecule has 2 amide bonds. The fourth-order valence-corrected chi connectivity index (χ4v) is 2.89. The number of nitriles is 1. The van der Waals surface area contributed by atoms with Crippen LogP contribution >= 0.6 is 23.2 Å². The lowest BCUT2D eigenvalue weighted by molar-refractivity contribution is -0.114. The summed E-state index contributed by atoms with van der Waals surface area (Å²) in [6.07, 6.45) is 0.202. The average Bonchev–Trinajstić information content (AvgIpc) is 2.72. The monoisotopic (exact) mass is 496 g/mol. The fourth-order valence-electron chi connectivity index (χ4n) is 2.32. The topological polar surface area (TPSA) is 168 Å². The van der Waals surface area contributed by atoms with E-state index >= 15 is 0 Å². The molecule has 1 aromatic carbocycles. The molecular formula is C19H18Cl2N6O6. The van der Waals surface area contributed by atoms with Crippen molar-refractivity contribution in [3.63, 3.8) is 0 Å². The number of imide groups is 1. The number of ether oxygens (including phenoxy) is 2. The molecule has 0 fully saturated rings. The van der Waals surface area contributed by atoms with E-state index in [9.17, 15) is 19.2 Å². The van der Waals surface area contributed by atoms with Crippen LogP contribution in [0.1, 0.15) is 26.8 Å². The Balaban J connectivity index is 2.26. The van der Waals surface area contributed by atoms with Gasteiger partial charge in [0, 0.05) is 6.04 Å². The van der Waals surface area contributed by atoms with Gasteiger partial charge in [-0.15, -0.1) is 0 Å². The van der Waals surface area contributed by atoms with Crippen molar-refractivity contribution < 1.29 is 19.1 Å². The molecular weight excluding hydrogens is 479 g/mol. The molecule has 0 radical (unpaired) electrons. The number of nitrogens with zero attached hydrogens (tertiary/aromatic N) is 3. The number of H-pyrrole nitrogens is 1. The number of carbonyl (C=O) groups is 2. The van der Waals surface area contributed by atoms with Gasteiger partial charge in [0.25, 0.3) is 11.5 Å². The third-order valence-electron chi connectivity index (χ3n) is 3.81. The Labute approximate surface area is 196 Å². The lowest BCUT2D eigenvalue weighted by atomic mass is 10.3. The van der Waals surface area contributed by atoms with Gasteiger partial charge in [-0.3, -0.25) is 29.9 Å². The number of carbonyl (C=O) groups excluding carboxylic acids is 2. The van der Waals surface area contributed by atoms with Crippen molar-refractivity contribution in [2.24, 2.45) is 5.10 Å². The van der Waals surface area contributed by atoms with Crippen LogP contribution in [0.2, 0.25) is 10.0 Å². The van der Waals surface area contributed by atoms with E-state index in [0.717, 1.165) is 0 Å². The number of halogens is 2. The molecule has 0 unspecified atom stereocenters. The van der Waals surface area contributed by atoms with Crippen molar-refractivity contribution >= 4 is 46.6 Å².